The summed E-state index contributed by atoms with van der Waals surface area (Å²) in [6.07, 6.45) is 1.04. The Morgan fingerprint density at radius 2 is 2.17 bits per heavy atom. The van der Waals surface area contributed by atoms with Gasteiger partial charge in [-0.15, -0.1) is 0 Å². The zero-order valence-corrected chi connectivity index (χ0v) is 8.28. The average molecular weight is 184 g/mol. The highest BCUT2D eigenvalue weighted by atomic mass is 35.5. The molecule has 0 saturated heterocycles. The van der Waals surface area contributed by atoms with Crippen LogP contribution in [0.25, 0.3) is 0 Å². The first-order chi connectivity index (χ1) is 5.74. The van der Waals surface area contributed by atoms with E-state index in [2.05, 4.69) is 17.4 Å². The molecule has 66 valence electrons. The third-order valence-corrected chi connectivity index (χ3v) is 2.31. The van der Waals surface area contributed by atoms with Crippen molar-refractivity contribution in [3.63, 3.8) is 0 Å². The van der Waals surface area contributed by atoms with Crippen LogP contribution in [0.1, 0.15) is 11.1 Å². The maximum atomic E-state index is 5.97. The molecular formula is C10H14ClN. The van der Waals surface area contributed by atoms with Gasteiger partial charge >= 0.3 is 0 Å². The average Bonchev–Trinajstić information content (AvgIpc) is 2.07. The van der Waals surface area contributed by atoms with Gasteiger partial charge in [-0.3, -0.25) is 0 Å². The molecule has 1 aromatic rings. The molecule has 12 heavy (non-hydrogen) atoms. The summed E-state index contributed by atoms with van der Waals surface area (Å²) in [4.78, 5) is 0. The Morgan fingerprint density at radius 1 is 1.42 bits per heavy atom. The highest BCUT2D eigenvalue weighted by Gasteiger charge is 1.96. The fourth-order valence-electron chi connectivity index (χ4n) is 1.06. The van der Waals surface area contributed by atoms with E-state index in [1.807, 2.05) is 20.0 Å². The number of benzene rings is 1. The summed E-state index contributed by atoms with van der Waals surface area (Å²) < 4.78 is 0. The van der Waals surface area contributed by atoms with Crippen molar-refractivity contribution in [2.75, 3.05) is 13.6 Å². The van der Waals surface area contributed by atoms with Crippen molar-refractivity contribution in [2.24, 2.45) is 0 Å². The van der Waals surface area contributed by atoms with Crippen LogP contribution in [-0.2, 0) is 6.42 Å². The summed E-state index contributed by atoms with van der Waals surface area (Å²) in [5.41, 5.74) is 2.44. The second-order valence-corrected chi connectivity index (χ2v) is 3.34. The Hall–Kier alpha value is -0.530. The molecule has 0 spiro atoms. The molecule has 0 atom stereocenters. The van der Waals surface area contributed by atoms with Crippen molar-refractivity contribution in [1.82, 2.24) is 5.32 Å². The second-order valence-electron chi connectivity index (χ2n) is 2.94. The van der Waals surface area contributed by atoms with Gasteiger partial charge in [0, 0.05) is 5.02 Å². The molecule has 1 aromatic carbocycles. The van der Waals surface area contributed by atoms with Crippen molar-refractivity contribution in [3.8, 4) is 0 Å². The van der Waals surface area contributed by atoms with Crippen molar-refractivity contribution < 1.29 is 0 Å². The monoisotopic (exact) mass is 183 g/mol. The van der Waals surface area contributed by atoms with E-state index in [1.165, 1.54) is 5.56 Å². The molecule has 0 aromatic heterocycles. The van der Waals surface area contributed by atoms with Gasteiger partial charge in [0.15, 0.2) is 0 Å². The highest BCUT2D eigenvalue weighted by Crippen LogP contribution is 2.16. The molecule has 1 rings (SSSR count). The van der Waals surface area contributed by atoms with Gasteiger partial charge in [-0.2, -0.15) is 0 Å². The summed E-state index contributed by atoms with van der Waals surface area (Å²) in [6, 6.07) is 6.22. The lowest BCUT2D eigenvalue weighted by Crippen LogP contribution is -2.10. The molecule has 0 aliphatic rings. The standard InChI is InChI=1S/C10H14ClN/c1-8-3-4-9(5-6-12-2)7-10(8)11/h3-4,7,12H,5-6H2,1-2H3. The fourth-order valence-corrected chi connectivity index (χ4v) is 1.26. The van der Waals surface area contributed by atoms with E-state index in [-0.39, 0.29) is 0 Å². The number of rotatable bonds is 3. The van der Waals surface area contributed by atoms with Gasteiger partial charge in [-0.05, 0) is 44.1 Å². The Bertz CT molecular complexity index is 258. The summed E-state index contributed by atoms with van der Waals surface area (Å²) in [5, 5.41) is 3.97. The van der Waals surface area contributed by atoms with E-state index in [9.17, 15) is 0 Å². The Labute approximate surface area is 78.7 Å². The number of hydrogen-bond donors (Lipinski definition) is 1. The molecule has 0 radical (unpaired) electrons. The van der Waals surface area contributed by atoms with Crippen LogP contribution in [0.2, 0.25) is 5.02 Å². The number of likely N-dealkylation sites (N-methyl/N-ethyl adjacent to an activating group) is 1. The van der Waals surface area contributed by atoms with Crippen LogP contribution in [0, 0.1) is 6.92 Å². The molecule has 0 unspecified atom stereocenters. The minimum Gasteiger partial charge on any atom is -0.319 e. The third-order valence-electron chi connectivity index (χ3n) is 1.90. The van der Waals surface area contributed by atoms with E-state index < -0.39 is 0 Å². The van der Waals surface area contributed by atoms with Gasteiger partial charge in [-0.25, -0.2) is 0 Å². The van der Waals surface area contributed by atoms with Crippen LogP contribution in [0.3, 0.4) is 0 Å². The maximum absolute atomic E-state index is 5.97. The minimum atomic E-state index is 0.864. The number of halogens is 1. The normalized spacial score (nSPS) is 10.2. The lowest BCUT2D eigenvalue weighted by molar-refractivity contribution is 0.791. The van der Waals surface area contributed by atoms with E-state index >= 15 is 0 Å². The largest absolute Gasteiger partial charge is 0.319 e. The second kappa shape index (κ2) is 4.48. The minimum absolute atomic E-state index is 0.864. The molecule has 0 saturated carbocycles. The van der Waals surface area contributed by atoms with E-state index in [0.717, 1.165) is 23.6 Å². The fraction of sp³-hybridized carbons (Fsp3) is 0.400. The zero-order chi connectivity index (χ0) is 8.97. The van der Waals surface area contributed by atoms with Gasteiger partial charge in [0.2, 0.25) is 0 Å². The molecule has 1 nitrogen and oxygen atoms in total. The Morgan fingerprint density at radius 3 is 2.75 bits per heavy atom. The van der Waals surface area contributed by atoms with Crippen LogP contribution >= 0.6 is 11.6 Å². The van der Waals surface area contributed by atoms with E-state index in [4.69, 9.17) is 11.6 Å². The molecule has 0 bridgehead atoms. The first-order valence-corrected chi connectivity index (χ1v) is 4.51. The lowest BCUT2D eigenvalue weighted by atomic mass is 10.1. The SMILES string of the molecule is CNCCc1ccc(C)c(Cl)c1. The van der Waals surface area contributed by atoms with Gasteiger partial charge in [0.1, 0.15) is 0 Å². The van der Waals surface area contributed by atoms with Crippen molar-refractivity contribution >= 4 is 11.6 Å². The molecule has 0 heterocycles. The summed E-state index contributed by atoms with van der Waals surface area (Å²) >= 11 is 5.97. The highest BCUT2D eigenvalue weighted by molar-refractivity contribution is 6.31. The van der Waals surface area contributed by atoms with Crippen LogP contribution in [0.5, 0.6) is 0 Å². The third kappa shape index (κ3) is 2.50. The molecule has 0 aliphatic carbocycles. The van der Waals surface area contributed by atoms with Crippen LogP contribution < -0.4 is 5.32 Å². The lowest BCUT2D eigenvalue weighted by Gasteiger charge is -2.02. The predicted molar refractivity (Wildman–Crippen MR) is 53.8 cm³/mol. The first kappa shape index (κ1) is 9.56. The van der Waals surface area contributed by atoms with Crippen molar-refractivity contribution in [3.05, 3.63) is 34.3 Å². The van der Waals surface area contributed by atoms with Gasteiger partial charge in [0.25, 0.3) is 0 Å². The number of hydrogen-bond acceptors (Lipinski definition) is 1. The Balaban J connectivity index is 2.69. The quantitative estimate of drug-likeness (QED) is 0.759. The molecule has 1 N–H and O–H groups in total. The van der Waals surface area contributed by atoms with Crippen molar-refractivity contribution in [2.45, 2.75) is 13.3 Å². The van der Waals surface area contributed by atoms with Gasteiger partial charge in [0.05, 0.1) is 0 Å². The molecule has 0 fully saturated rings. The van der Waals surface area contributed by atoms with Crippen LogP contribution in [0.15, 0.2) is 18.2 Å². The summed E-state index contributed by atoms with van der Waals surface area (Å²) in [5.74, 6) is 0. The summed E-state index contributed by atoms with van der Waals surface area (Å²) in [7, 11) is 1.95. The smallest absolute Gasteiger partial charge is 0.0437 e. The van der Waals surface area contributed by atoms with Gasteiger partial charge in [-0.1, -0.05) is 23.7 Å². The maximum Gasteiger partial charge on any atom is 0.0437 e. The molecular weight excluding hydrogens is 170 g/mol. The van der Waals surface area contributed by atoms with Crippen LogP contribution in [0.4, 0.5) is 0 Å². The van der Waals surface area contributed by atoms with E-state index in [1.54, 1.807) is 0 Å². The zero-order valence-electron chi connectivity index (χ0n) is 7.52. The van der Waals surface area contributed by atoms with Crippen LogP contribution in [-0.4, -0.2) is 13.6 Å². The Kier molecular flexibility index (Phi) is 3.57. The van der Waals surface area contributed by atoms with Gasteiger partial charge < -0.3 is 5.32 Å². The first-order valence-electron chi connectivity index (χ1n) is 4.13. The molecule has 0 amide bonds. The number of aryl methyl sites for hydroxylation is 1. The topological polar surface area (TPSA) is 12.0 Å². The van der Waals surface area contributed by atoms with E-state index in [0.29, 0.717) is 0 Å². The number of nitrogens with one attached hydrogen (secondary N) is 1. The molecule has 2 heteroatoms. The molecule has 0 aliphatic heterocycles. The summed E-state index contributed by atoms with van der Waals surface area (Å²) in [6.45, 7) is 3.02. The predicted octanol–water partition coefficient (Wildman–Crippen LogP) is 2.41. The van der Waals surface area contributed by atoms with Crippen molar-refractivity contribution in [1.29, 1.82) is 0 Å².